The van der Waals surface area contributed by atoms with Crippen LogP contribution in [-0.2, 0) is 0 Å². The Morgan fingerprint density at radius 3 is 3.00 bits per heavy atom. The maximum absolute atomic E-state index is 11.9. The van der Waals surface area contributed by atoms with E-state index in [0.717, 1.165) is 18.5 Å². The summed E-state index contributed by atoms with van der Waals surface area (Å²) < 4.78 is 5.30. The van der Waals surface area contributed by atoms with Crippen LogP contribution in [0.4, 0.5) is 4.79 Å². The van der Waals surface area contributed by atoms with Crippen LogP contribution in [0.2, 0.25) is 0 Å². The first kappa shape index (κ1) is 14.8. The van der Waals surface area contributed by atoms with E-state index in [2.05, 4.69) is 20.3 Å². The molecule has 0 radical (unpaired) electrons. The molecule has 1 aliphatic rings. The zero-order chi connectivity index (χ0) is 15.7. The molecule has 0 spiro atoms. The van der Waals surface area contributed by atoms with E-state index in [1.165, 1.54) is 0 Å². The van der Waals surface area contributed by atoms with Crippen molar-refractivity contribution in [2.75, 3.05) is 13.2 Å². The van der Waals surface area contributed by atoms with Crippen molar-refractivity contribution < 1.29 is 14.6 Å². The number of carbonyl (C=O) groups excluding carboxylic acids is 1. The maximum Gasteiger partial charge on any atom is 0.412 e. The SMILES string of the molecule is CC(C)(CO)CNC(=O)Oc1c[nH]c2ncc(C3CC3)nc12. The molecule has 2 heterocycles. The Kier molecular flexibility index (Phi) is 3.74. The smallest absolute Gasteiger partial charge is 0.406 e. The summed E-state index contributed by atoms with van der Waals surface area (Å²) in [6.45, 7) is 4.01. The molecule has 1 fully saturated rings. The molecule has 7 nitrogen and oxygen atoms in total. The Morgan fingerprint density at radius 1 is 1.55 bits per heavy atom. The number of rotatable bonds is 5. The monoisotopic (exact) mass is 304 g/mol. The largest absolute Gasteiger partial charge is 0.412 e. The van der Waals surface area contributed by atoms with Crippen LogP contribution in [0.5, 0.6) is 5.75 Å². The fraction of sp³-hybridized carbons (Fsp3) is 0.533. The van der Waals surface area contributed by atoms with E-state index in [4.69, 9.17) is 4.74 Å². The average molecular weight is 304 g/mol. The maximum atomic E-state index is 11.9. The number of fused-ring (bicyclic) bond motifs is 1. The van der Waals surface area contributed by atoms with Crippen LogP contribution in [0.1, 0.15) is 38.3 Å². The van der Waals surface area contributed by atoms with Crippen LogP contribution in [0.3, 0.4) is 0 Å². The van der Waals surface area contributed by atoms with E-state index in [1.54, 1.807) is 12.4 Å². The Balaban J connectivity index is 1.70. The number of aliphatic hydroxyl groups excluding tert-OH is 1. The number of aliphatic hydroxyl groups is 1. The van der Waals surface area contributed by atoms with E-state index in [0.29, 0.717) is 29.4 Å². The summed E-state index contributed by atoms with van der Waals surface area (Å²) in [5.41, 5.74) is 1.72. The molecule has 1 saturated carbocycles. The Bertz CT molecular complexity index is 691. The fourth-order valence-corrected chi connectivity index (χ4v) is 2.04. The summed E-state index contributed by atoms with van der Waals surface area (Å²) in [4.78, 5) is 23.7. The molecule has 3 rings (SSSR count). The van der Waals surface area contributed by atoms with Crippen molar-refractivity contribution in [3.63, 3.8) is 0 Å². The summed E-state index contributed by atoms with van der Waals surface area (Å²) >= 11 is 0. The first-order valence-corrected chi connectivity index (χ1v) is 7.39. The lowest BCUT2D eigenvalue weighted by Gasteiger charge is -2.21. The van der Waals surface area contributed by atoms with Crippen LogP contribution >= 0.6 is 0 Å². The number of nitrogens with zero attached hydrogens (tertiary/aromatic N) is 2. The van der Waals surface area contributed by atoms with Gasteiger partial charge < -0.3 is 20.1 Å². The van der Waals surface area contributed by atoms with Crippen LogP contribution in [-0.4, -0.2) is 39.3 Å². The summed E-state index contributed by atoms with van der Waals surface area (Å²) in [6.07, 6.45) is 5.05. The van der Waals surface area contributed by atoms with Crippen molar-refractivity contribution in [1.82, 2.24) is 20.3 Å². The normalized spacial score (nSPS) is 15.0. The molecule has 0 aromatic carbocycles. The molecule has 0 unspecified atom stereocenters. The third-order valence-electron chi connectivity index (χ3n) is 3.70. The third kappa shape index (κ3) is 3.19. The van der Waals surface area contributed by atoms with Gasteiger partial charge in [0.15, 0.2) is 16.9 Å². The predicted octanol–water partition coefficient (Wildman–Crippen LogP) is 1.94. The fourth-order valence-electron chi connectivity index (χ4n) is 2.04. The number of aromatic amines is 1. The minimum atomic E-state index is -0.568. The summed E-state index contributed by atoms with van der Waals surface area (Å²) in [7, 11) is 0. The van der Waals surface area contributed by atoms with Gasteiger partial charge in [-0.1, -0.05) is 13.8 Å². The van der Waals surface area contributed by atoms with E-state index >= 15 is 0 Å². The van der Waals surface area contributed by atoms with Gasteiger partial charge in [-0.25, -0.2) is 14.8 Å². The van der Waals surface area contributed by atoms with Gasteiger partial charge in [-0.3, -0.25) is 0 Å². The molecule has 118 valence electrons. The summed E-state index contributed by atoms with van der Waals surface area (Å²) in [5, 5.41) is 11.8. The quantitative estimate of drug-likeness (QED) is 0.784. The lowest BCUT2D eigenvalue weighted by atomic mass is 9.95. The van der Waals surface area contributed by atoms with Gasteiger partial charge in [0.2, 0.25) is 0 Å². The van der Waals surface area contributed by atoms with Crippen LogP contribution < -0.4 is 10.1 Å². The molecular weight excluding hydrogens is 284 g/mol. The van der Waals surface area contributed by atoms with Crippen LogP contribution in [0.15, 0.2) is 12.4 Å². The first-order chi connectivity index (χ1) is 10.5. The van der Waals surface area contributed by atoms with Crippen molar-refractivity contribution in [3.05, 3.63) is 18.1 Å². The van der Waals surface area contributed by atoms with Crippen molar-refractivity contribution in [2.24, 2.45) is 5.41 Å². The van der Waals surface area contributed by atoms with Crippen molar-refractivity contribution in [2.45, 2.75) is 32.6 Å². The molecule has 1 aliphatic carbocycles. The van der Waals surface area contributed by atoms with Gasteiger partial charge in [0.1, 0.15) is 0 Å². The standard InChI is InChI=1S/C15H20N4O3/c1-15(2,8-20)7-18-14(21)22-11-6-17-13-12(11)19-10(5-16-13)9-3-4-9/h5-6,9,20H,3-4,7-8H2,1-2H3,(H,16,17)(H,18,21). The number of hydrogen-bond donors (Lipinski definition) is 3. The number of hydrogen-bond acceptors (Lipinski definition) is 5. The number of H-pyrrole nitrogens is 1. The predicted molar refractivity (Wildman–Crippen MR) is 80.8 cm³/mol. The van der Waals surface area contributed by atoms with Crippen LogP contribution in [0.25, 0.3) is 11.2 Å². The molecule has 7 heteroatoms. The number of carbonyl (C=O) groups is 1. The Labute approximate surface area is 128 Å². The highest BCUT2D eigenvalue weighted by Gasteiger charge is 2.26. The number of amides is 1. The third-order valence-corrected chi connectivity index (χ3v) is 3.70. The minimum absolute atomic E-state index is 0.0173. The molecular formula is C15H20N4O3. The highest BCUT2D eigenvalue weighted by atomic mass is 16.6. The molecule has 0 saturated heterocycles. The molecule has 3 N–H and O–H groups in total. The minimum Gasteiger partial charge on any atom is -0.406 e. The Morgan fingerprint density at radius 2 is 2.32 bits per heavy atom. The molecule has 0 bridgehead atoms. The summed E-state index contributed by atoms with van der Waals surface area (Å²) in [6, 6.07) is 0. The topological polar surface area (TPSA) is 100 Å². The van der Waals surface area contributed by atoms with Crippen molar-refractivity contribution in [1.29, 1.82) is 0 Å². The lowest BCUT2D eigenvalue weighted by molar-refractivity contribution is 0.150. The van der Waals surface area contributed by atoms with E-state index in [9.17, 15) is 9.90 Å². The van der Waals surface area contributed by atoms with Gasteiger partial charge >= 0.3 is 6.09 Å². The first-order valence-electron chi connectivity index (χ1n) is 7.39. The number of ether oxygens (including phenoxy) is 1. The van der Waals surface area contributed by atoms with E-state index in [-0.39, 0.29) is 6.61 Å². The lowest BCUT2D eigenvalue weighted by Crippen LogP contribution is -2.37. The number of aromatic nitrogens is 3. The second kappa shape index (κ2) is 5.57. The van der Waals surface area contributed by atoms with Crippen molar-refractivity contribution in [3.8, 4) is 5.75 Å². The zero-order valence-electron chi connectivity index (χ0n) is 12.7. The van der Waals surface area contributed by atoms with Gasteiger partial charge in [-0.05, 0) is 12.8 Å². The van der Waals surface area contributed by atoms with Gasteiger partial charge in [0.05, 0.1) is 11.9 Å². The van der Waals surface area contributed by atoms with Crippen molar-refractivity contribution >= 4 is 17.3 Å². The summed E-state index contributed by atoms with van der Waals surface area (Å²) in [5.74, 6) is 0.850. The van der Waals surface area contributed by atoms with E-state index in [1.807, 2.05) is 13.8 Å². The molecule has 0 aliphatic heterocycles. The van der Waals surface area contributed by atoms with Gasteiger partial charge in [0.25, 0.3) is 0 Å². The average Bonchev–Trinajstić information content (AvgIpc) is 3.28. The highest BCUT2D eigenvalue weighted by Crippen LogP contribution is 2.39. The van der Waals surface area contributed by atoms with E-state index < -0.39 is 11.5 Å². The Hall–Kier alpha value is -2.15. The van der Waals surface area contributed by atoms with Gasteiger partial charge in [-0.2, -0.15) is 0 Å². The molecule has 2 aromatic rings. The molecule has 0 atom stereocenters. The molecule has 22 heavy (non-hydrogen) atoms. The van der Waals surface area contributed by atoms with Gasteiger partial charge in [-0.15, -0.1) is 0 Å². The molecule has 2 aromatic heterocycles. The number of nitrogens with one attached hydrogen (secondary N) is 2. The second-order valence-electron chi connectivity index (χ2n) is 6.48. The van der Waals surface area contributed by atoms with Crippen LogP contribution in [0, 0.1) is 5.41 Å². The molecule has 1 amide bonds. The zero-order valence-corrected chi connectivity index (χ0v) is 12.7. The highest BCUT2D eigenvalue weighted by molar-refractivity contribution is 5.82. The second-order valence-corrected chi connectivity index (χ2v) is 6.48. The van der Waals surface area contributed by atoms with Gasteiger partial charge in [0, 0.05) is 30.7 Å².